The summed E-state index contributed by atoms with van der Waals surface area (Å²) in [5.41, 5.74) is 0.970. The molecule has 0 atom stereocenters. The van der Waals surface area contributed by atoms with E-state index in [0.29, 0.717) is 35.1 Å². The molecular weight excluding hydrogens is 386 g/mol. The molecule has 0 spiro atoms. The van der Waals surface area contributed by atoms with Crippen molar-refractivity contribution in [3.05, 3.63) is 82.1 Å². The number of nitro groups is 1. The number of anilines is 1. The first-order chi connectivity index (χ1) is 14.5. The summed E-state index contributed by atoms with van der Waals surface area (Å²) >= 11 is 0. The zero-order valence-corrected chi connectivity index (χ0v) is 16.0. The Morgan fingerprint density at radius 1 is 1.23 bits per heavy atom. The highest BCUT2D eigenvalue weighted by molar-refractivity contribution is 6.09. The Hall–Kier alpha value is -4.38. The monoisotopic (exact) mass is 403 g/mol. The molecular formula is C22H17N3O5. The van der Waals surface area contributed by atoms with E-state index in [-0.39, 0.29) is 11.3 Å². The van der Waals surface area contributed by atoms with Crippen LogP contribution in [0.3, 0.4) is 0 Å². The number of amides is 1. The molecule has 1 N–H and O–H groups in total. The number of hydrogen-bond donors (Lipinski definition) is 1. The molecule has 0 saturated heterocycles. The van der Waals surface area contributed by atoms with Gasteiger partial charge >= 0.3 is 0 Å². The zero-order chi connectivity index (χ0) is 21.5. The lowest BCUT2D eigenvalue weighted by Gasteiger charge is -2.07. The average molecular weight is 403 g/mol. The molecule has 30 heavy (non-hydrogen) atoms. The lowest BCUT2D eigenvalue weighted by Crippen LogP contribution is -2.13. The number of nitrogens with zero attached hydrogens (tertiary/aromatic N) is 2. The largest absolute Gasteiger partial charge is 0.494 e. The number of non-ortho nitro benzene ring substituents is 1. The average Bonchev–Trinajstić information content (AvgIpc) is 3.21. The van der Waals surface area contributed by atoms with Crippen molar-refractivity contribution in [3.63, 3.8) is 0 Å². The van der Waals surface area contributed by atoms with Gasteiger partial charge in [-0.15, -0.1) is 0 Å². The first-order valence-corrected chi connectivity index (χ1v) is 9.01. The summed E-state index contributed by atoms with van der Waals surface area (Å²) in [6, 6.07) is 17.9. The summed E-state index contributed by atoms with van der Waals surface area (Å²) in [4.78, 5) is 22.7. The molecule has 0 aliphatic rings. The highest BCUT2D eigenvalue weighted by Gasteiger charge is 2.13. The van der Waals surface area contributed by atoms with Crippen molar-refractivity contribution in [1.29, 1.82) is 5.26 Å². The predicted octanol–water partition coefficient (Wildman–Crippen LogP) is 4.80. The third-order valence-corrected chi connectivity index (χ3v) is 4.04. The van der Waals surface area contributed by atoms with E-state index >= 15 is 0 Å². The molecule has 0 unspecified atom stereocenters. The molecule has 0 fully saturated rings. The Labute approximate surface area is 172 Å². The molecule has 0 aliphatic carbocycles. The number of nitro benzene ring substituents is 1. The van der Waals surface area contributed by atoms with Gasteiger partial charge in [0, 0.05) is 35.5 Å². The van der Waals surface area contributed by atoms with Gasteiger partial charge in [-0.05, 0) is 43.3 Å². The lowest BCUT2D eigenvalue weighted by molar-refractivity contribution is -0.384. The maximum Gasteiger partial charge on any atom is 0.269 e. The van der Waals surface area contributed by atoms with E-state index in [0.717, 1.165) is 0 Å². The number of furan rings is 1. The Morgan fingerprint density at radius 2 is 2.00 bits per heavy atom. The molecule has 3 rings (SSSR count). The van der Waals surface area contributed by atoms with E-state index in [1.54, 1.807) is 48.5 Å². The van der Waals surface area contributed by atoms with Gasteiger partial charge < -0.3 is 14.5 Å². The van der Waals surface area contributed by atoms with Crippen LogP contribution in [0.25, 0.3) is 17.4 Å². The molecule has 8 nitrogen and oxygen atoms in total. The van der Waals surface area contributed by atoms with Crippen LogP contribution in [0.15, 0.2) is 70.7 Å². The van der Waals surface area contributed by atoms with Gasteiger partial charge in [0.1, 0.15) is 28.9 Å². The molecule has 1 heterocycles. The fourth-order valence-corrected chi connectivity index (χ4v) is 2.65. The number of ether oxygens (including phenoxy) is 1. The highest BCUT2D eigenvalue weighted by atomic mass is 16.6. The minimum absolute atomic E-state index is 0.0257. The maximum atomic E-state index is 12.4. The summed E-state index contributed by atoms with van der Waals surface area (Å²) in [6.07, 6.45) is 1.33. The number of nitrogens with one attached hydrogen (secondary N) is 1. The van der Waals surface area contributed by atoms with Crippen molar-refractivity contribution in [2.45, 2.75) is 6.92 Å². The summed E-state index contributed by atoms with van der Waals surface area (Å²) in [6.45, 7) is 2.35. The number of carbonyl (C=O) groups excluding carboxylic acids is 1. The standard InChI is InChI=1S/C22H17N3O5/c1-2-29-19-5-3-4-17(13-19)24-22(26)16(14-23)12-20-10-11-21(30-20)15-6-8-18(9-7-15)25(27)28/h3-13H,2H2,1H3,(H,24,26)/b16-12-. The molecule has 1 aromatic heterocycles. The van der Waals surface area contributed by atoms with E-state index in [2.05, 4.69) is 5.32 Å². The van der Waals surface area contributed by atoms with Gasteiger partial charge in [-0.2, -0.15) is 5.26 Å². The van der Waals surface area contributed by atoms with Crippen LogP contribution < -0.4 is 10.1 Å². The van der Waals surface area contributed by atoms with E-state index in [9.17, 15) is 20.2 Å². The molecule has 0 bridgehead atoms. The number of nitriles is 1. The maximum absolute atomic E-state index is 12.4. The Kier molecular flexibility index (Phi) is 6.25. The van der Waals surface area contributed by atoms with Crippen LogP contribution >= 0.6 is 0 Å². The Bertz CT molecular complexity index is 1140. The third-order valence-electron chi connectivity index (χ3n) is 4.04. The lowest BCUT2D eigenvalue weighted by atomic mass is 10.1. The normalized spacial score (nSPS) is 10.9. The van der Waals surface area contributed by atoms with Gasteiger partial charge in [-0.1, -0.05) is 6.07 Å². The SMILES string of the molecule is CCOc1cccc(NC(=O)/C(C#N)=C\c2ccc(-c3ccc([N+](=O)[O-])cc3)o2)c1. The van der Waals surface area contributed by atoms with Crippen molar-refractivity contribution in [3.8, 4) is 23.1 Å². The minimum Gasteiger partial charge on any atom is -0.494 e. The molecule has 0 radical (unpaired) electrons. The third kappa shape index (κ3) is 4.91. The van der Waals surface area contributed by atoms with E-state index < -0.39 is 10.8 Å². The molecule has 2 aromatic carbocycles. The first kappa shape index (κ1) is 20.4. The van der Waals surface area contributed by atoms with E-state index in [1.807, 2.05) is 13.0 Å². The van der Waals surface area contributed by atoms with Crippen LogP contribution in [-0.2, 0) is 4.79 Å². The number of carbonyl (C=O) groups is 1. The second-order valence-corrected chi connectivity index (χ2v) is 6.09. The van der Waals surface area contributed by atoms with Gasteiger partial charge in [0.05, 0.1) is 11.5 Å². The Morgan fingerprint density at radius 3 is 2.67 bits per heavy atom. The van der Waals surface area contributed by atoms with Crippen molar-refractivity contribution >= 4 is 23.4 Å². The molecule has 3 aromatic rings. The van der Waals surface area contributed by atoms with Gasteiger partial charge in [0.2, 0.25) is 0 Å². The quantitative estimate of drug-likeness (QED) is 0.262. The number of benzene rings is 2. The summed E-state index contributed by atoms with van der Waals surface area (Å²) in [7, 11) is 0. The van der Waals surface area contributed by atoms with Crippen LogP contribution in [0.4, 0.5) is 11.4 Å². The van der Waals surface area contributed by atoms with Gasteiger partial charge in [-0.25, -0.2) is 0 Å². The molecule has 1 amide bonds. The highest BCUT2D eigenvalue weighted by Crippen LogP contribution is 2.26. The second kappa shape index (κ2) is 9.21. The molecule has 8 heteroatoms. The number of hydrogen-bond acceptors (Lipinski definition) is 6. The fourth-order valence-electron chi connectivity index (χ4n) is 2.65. The van der Waals surface area contributed by atoms with Crippen molar-refractivity contribution in [2.24, 2.45) is 0 Å². The smallest absolute Gasteiger partial charge is 0.269 e. The van der Waals surface area contributed by atoms with E-state index in [1.165, 1.54) is 18.2 Å². The topological polar surface area (TPSA) is 118 Å². The van der Waals surface area contributed by atoms with Crippen molar-refractivity contribution in [2.75, 3.05) is 11.9 Å². The van der Waals surface area contributed by atoms with E-state index in [4.69, 9.17) is 9.15 Å². The minimum atomic E-state index is -0.584. The first-order valence-electron chi connectivity index (χ1n) is 9.01. The van der Waals surface area contributed by atoms with Crippen LogP contribution in [0.2, 0.25) is 0 Å². The molecule has 0 saturated carbocycles. The van der Waals surface area contributed by atoms with Crippen LogP contribution in [0, 0.1) is 21.4 Å². The second-order valence-electron chi connectivity index (χ2n) is 6.09. The summed E-state index contributed by atoms with van der Waals surface area (Å²) < 4.78 is 11.0. The molecule has 0 aliphatic heterocycles. The van der Waals surface area contributed by atoms with Gasteiger partial charge in [-0.3, -0.25) is 14.9 Å². The fraction of sp³-hybridized carbons (Fsp3) is 0.0909. The van der Waals surface area contributed by atoms with Crippen molar-refractivity contribution in [1.82, 2.24) is 0 Å². The number of rotatable bonds is 7. The predicted molar refractivity (Wildman–Crippen MR) is 111 cm³/mol. The van der Waals surface area contributed by atoms with Crippen LogP contribution in [-0.4, -0.2) is 17.4 Å². The zero-order valence-electron chi connectivity index (χ0n) is 16.0. The van der Waals surface area contributed by atoms with Gasteiger partial charge in [0.15, 0.2) is 0 Å². The van der Waals surface area contributed by atoms with Crippen molar-refractivity contribution < 1.29 is 18.9 Å². The summed E-state index contributed by atoms with van der Waals surface area (Å²) in [5, 5.41) is 22.8. The molecule has 150 valence electrons. The van der Waals surface area contributed by atoms with Crippen LogP contribution in [0.5, 0.6) is 5.75 Å². The van der Waals surface area contributed by atoms with Crippen LogP contribution in [0.1, 0.15) is 12.7 Å². The Balaban J connectivity index is 1.76. The van der Waals surface area contributed by atoms with Gasteiger partial charge in [0.25, 0.3) is 11.6 Å². The summed E-state index contributed by atoms with van der Waals surface area (Å²) in [5.74, 6) is 0.785.